The number of nitrogens with one attached hydrogen (secondary N) is 2. The van der Waals surface area contributed by atoms with Crippen LogP contribution in [0.2, 0.25) is 0 Å². The first-order valence-corrected chi connectivity index (χ1v) is 10.6. The highest BCUT2D eigenvalue weighted by molar-refractivity contribution is 5.14. The van der Waals surface area contributed by atoms with Crippen molar-refractivity contribution in [3.05, 3.63) is 0 Å². The number of hydrogen-bond acceptors (Lipinski definition) is 3. The lowest BCUT2D eigenvalue weighted by Crippen LogP contribution is -2.72. The summed E-state index contributed by atoms with van der Waals surface area (Å²) in [4.78, 5) is 2.94. The average molecular weight is 318 g/mol. The molecule has 0 aromatic rings. The number of piperidine rings is 4. The quantitative estimate of drug-likeness (QED) is 0.779. The topological polar surface area (TPSA) is 27.3 Å². The van der Waals surface area contributed by atoms with E-state index in [0.717, 1.165) is 30.0 Å². The fourth-order valence-corrected chi connectivity index (χ4v) is 7.36. The van der Waals surface area contributed by atoms with Gasteiger partial charge in [-0.25, -0.2) is 0 Å². The molecule has 5 aliphatic rings. The van der Waals surface area contributed by atoms with Crippen LogP contribution in [-0.2, 0) is 0 Å². The Bertz CT molecular complexity index is 431. The first-order valence-electron chi connectivity index (χ1n) is 10.6. The zero-order valence-electron chi connectivity index (χ0n) is 14.7. The molecule has 0 aromatic carbocycles. The van der Waals surface area contributed by atoms with Crippen LogP contribution in [0, 0.1) is 17.3 Å². The van der Waals surface area contributed by atoms with Crippen LogP contribution in [-0.4, -0.2) is 49.2 Å². The molecule has 3 nitrogen and oxygen atoms in total. The van der Waals surface area contributed by atoms with Crippen LogP contribution in [0.15, 0.2) is 0 Å². The Kier molecular flexibility index (Phi) is 3.95. The Labute approximate surface area is 142 Å². The van der Waals surface area contributed by atoms with E-state index in [1.54, 1.807) is 0 Å². The summed E-state index contributed by atoms with van der Waals surface area (Å²) < 4.78 is 0. The summed E-state index contributed by atoms with van der Waals surface area (Å²) in [5.74, 6) is 1.96. The lowest BCUT2D eigenvalue weighted by atomic mass is 9.52. The van der Waals surface area contributed by atoms with Gasteiger partial charge >= 0.3 is 0 Å². The molecular formula is C20H35N3. The molecule has 1 saturated carbocycles. The third-order valence-electron chi connectivity index (χ3n) is 8.16. The van der Waals surface area contributed by atoms with Crippen molar-refractivity contribution in [3.8, 4) is 0 Å². The smallest absolute Gasteiger partial charge is 0.0179 e. The van der Waals surface area contributed by atoms with Gasteiger partial charge in [-0.05, 0) is 82.8 Å². The van der Waals surface area contributed by atoms with Crippen molar-refractivity contribution in [2.45, 2.75) is 82.3 Å². The van der Waals surface area contributed by atoms with Gasteiger partial charge in [0, 0.05) is 30.1 Å². The summed E-state index contributed by atoms with van der Waals surface area (Å²) in [6.45, 7) is 5.30. The van der Waals surface area contributed by atoms with Crippen molar-refractivity contribution in [3.63, 3.8) is 0 Å². The van der Waals surface area contributed by atoms with E-state index in [0.29, 0.717) is 5.41 Å². The SMILES string of the molecule is C1CC[C@@H]([C@]23C[C@H](C[C@H]4CCCN[C@@H]42)[C@H]2CCCCN2C3)NC1. The molecular weight excluding hydrogens is 282 g/mol. The summed E-state index contributed by atoms with van der Waals surface area (Å²) in [5.41, 5.74) is 0.530. The highest BCUT2D eigenvalue weighted by Gasteiger charge is 2.58. The van der Waals surface area contributed by atoms with Gasteiger partial charge in [-0.1, -0.05) is 12.8 Å². The first-order chi connectivity index (χ1) is 11.4. The normalized spacial score (nSPS) is 50.9. The fourth-order valence-electron chi connectivity index (χ4n) is 7.36. The van der Waals surface area contributed by atoms with E-state index >= 15 is 0 Å². The summed E-state index contributed by atoms with van der Waals surface area (Å²) in [6, 6.07) is 2.51. The zero-order valence-corrected chi connectivity index (χ0v) is 14.7. The highest BCUT2D eigenvalue weighted by atomic mass is 15.2. The van der Waals surface area contributed by atoms with Crippen molar-refractivity contribution in [2.75, 3.05) is 26.2 Å². The van der Waals surface area contributed by atoms with Crippen LogP contribution >= 0.6 is 0 Å². The number of nitrogens with zero attached hydrogens (tertiary/aromatic N) is 1. The first kappa shape index (κ1) is 15.2. The zero-order chi connectivity index (χ0) is 15.3. The molecule has 0 radical (unpaired) electrons. The molecule has 0 spiro atoms. The third-order valence-corrected chi connectivity index (χ3v) is 8.16. The summed E-state index contributed by atoms with van der Waals surface area (Å²) >= 11 is 0. The maximum atomic E-state index is 4.04. The van der Waals surface area contributed by atoms with Gasteiger partial charge in [-0.2, -0.15) is 0 Å². The second-order valence-electron chi connectivity index (χ2n) is 9.30. The van der Waals surface area contributed by atoms with E-state index in [9.17, 15) is 0 Å². The monoisotopic (exact) mass is 317 g/mol. The van der Waals surface area contributed by atoms with E-state index in [1.165, 1.54) is 90.4 Å². The standard InChI is InChI=1S/C20H35N3/c1-3-9-21-18(8-1)20-13-16(12-15-6-5-10-22-19(15)20)17-7-2-4-11-23(17)14-20/h15-19,21-22H,1-14H2/t15-,16+,17-,18+,19+,20-/m1/s1. The van der Waals surface area contributed by atoms with Crippen LogP contribution in [0.5, 0.6) is 0 Å². The van der Waals surface area contributed by atoms with Crippen LogP contribution in [0.3, 0.4) is 0 Å². The lowest BCUT2D eigenvalue weighted by Gasteiger charge is -2.64. The van der Waals surface area contributed by atoms with Gasteiger partial charge < -0.3 is 10.6 Å². The van der Waals surface area contributed by atoms with Gasteiger partial charge in [0.25, 0.3) is 0 Å². The fraction of sp³-hybridized carbons (Fsp3) is 1.00. The molecule has 3 heteroatoms. The molecule has 2 N–H and O–H groups in total. The molecule has 2 bridgehead atoms. The van der Waals surface area contributed by atoms with Gasteiger partial charge in [0.1, 0.15) is 0 Å². The number of fused-ring (bicyclic) bond motifs is 6. The molecule has 5 fully saturated rings. The van der Waals surface area contributed by atoms with Crippen molar-refractivity contribution in [2.24, 2.45) is 17.3 Å². The number of rotatable bonds is 1. The Morgan fingerprint density at radius 3 is 2.65 bits per heavy atom. The van der Waals surface area contributed by atoms with Crippen LogP contribution < -0.4 is 10.6 Å². The molecule has 0 unspecified atom stereocenters. The van der Waals surface area contributed by atoms with E-state index in [1.807, 2.05) is 0 Å². The third kappa shape index (κ3) is 2.41. The van der Waals surface area contributed by atoms with Crippen LogP contribution in [0.4, 0.5) is 0 Å². The molecule has 4 saturated heterocycles. The molecule has 6 atom stereocenters. The Morgan fingerprint density at radius 1 is 0.826 bits per heavy atom. The largest absolute Gasteiger partial charge is 0.313 e. The maximum Gasteiger partial charge on any atom is 0.0179 e. The predicted octanol–water partition coefficient (Wildman–Crippen LogP) is 2.76. The highest BCUT2D eigenvalue weighted by Crippen LogP contribution is 2.55. The molecule has 5 rings (SSSR count). The molecule has 0 aromatic heterocycles. The van der Waals surface area contributed by atoms with E-state index < -0.39 is 0 Å². The molecule has 1 aliphatic carbocycles. The van der Waals surface area contributed by atoms with E-state index in [4.69, 9.17) is 0 Å². The second-order valence-corrected chi connectivity index (χ2v) is 9.30. The second kappa shape index (κ2) is 6.00. The molecule has 23 heavy (non-hydrogen) atoms. The lowest BCUT2D eigenvalue weighted by molar-refractivity contribution is -0.117. The molecule has 4 aliphatic heterocycles. The Hall–Kier alpha value is -0.120. The maximum absolute atomic E-state index is 4.04. The molecule has 130 valence electrons. The van der Waals surface area contributed by atoms with E-state index in [-0.39, 0.29) is 0 Å². The van der Waals surface area contributed by atoms with Crippen molar-refractivity contribution < 1.29 is 0 Å². The van der Waals surface area contributed by atoms with Crippen molar-refractivity contribution >= 4 is 0 Å². The van der Waals surface area contributed by atoms with Crippen molar-refractivity contribution in [1.29, 1.82) is 0 Å². The van der Waals surface area contributed by atoms with Crippen LogP contribution in [0.1, 0.15) is 64.2 Å². The Balaban J connectivity index is 1.50. The summed E-state index contributed by atoms with van der Waals surface area (Å²) in [7, 11) is 0. The minimum absolute atomic E-state index is 0.530. The van der Waals surface area contributed by atoms with Gasteiger partial charge in [-0.3, -0.25) is 4.90 Å². The predicted molar refractivity (Wildman–Crippen MR) is 94.5 cm³/mol. The minimum atomic E-state index is 0.530. The molecule has 0 amide bonds. The van der Waals surface area contributed by atoms with Gasteiger partial charge in [0.05, 0.1) is 0 Å². The van der Waals surface area contributed by atoms with Crippen molar-refractivity contribution in [1.82, 2.24) is 15.5 Å². The van der Waals surface area contributed by atoms with Gasteiger partial charge in [-0.15, -0.1) is 0 Å². The summed E-state index contributed by atoms with van der Waals surface area (Å²) in [6.07, 6.45) is 14.6. The van der Waals surface area contributed by atoms with E-state index in [2.05, 4.69) is 15.5 Å². The minimum Gasteiger partial charge on any atom is -0.313 e. The van der Waals surface area contributed by atoms with Gasteiger partial charge in [0.2, 0.25) is 0 Å². The number of hydrogen-bond donors (Lipinski definition) is 2. The summed E-state index contributed by atoms with van der Waals surface area (Å²) in [5, 5.41) is 8.04. The van der Waals surface area contributed by atoms with Crippen LogP contribution in [0.25, 0.3) is 0 Å². The van der Waals surface area contributed by atoms with Gasteiger partial charge in [0.15, 0.2) is 0 Å². The molecule has 4 heterocycles. The average Bonchev–Trinajstić information content (AvgIpc) is 2.63. The Morgan fingerprint density at radius 2 is 1.74 bits per heavy atom.